The average molecular weight is 294 g/mol. The predicted molar refractivity (Wildman–Crippen MR) is 85.0 cm³/mol. The van der Waals surface area contributed by atoms with E-state index >= 15 is 0 Å². The lowest BCUT2D eigenvalue weighted by Gasteiger charge is -2.26. The topological polar surface area (TPSA) is 30.7 Å². The molecule has 2 aromatic rings. The first-order chi connectivity index (χ1) is 9.43. The standard InChI is InChI=1S/C16H24ClN3/c1-10(2)13(11(3)4)9-20-15(7-17)19-14-6-12(5)8-18-16(14)20/h6,8,10-11,13H,7,9H2,1-5H3. The molecule has 0 N–H and O–H groups in total. The molecule has 2 heterocycles. The largest absolute Gasteiger partial charge is 0.311 e. The molecule has 3 nitrogen and oxygen atoms in total. The van der Waals surface area contributed by atoms with Gasteiger partial charge >= 0.3 is 0 Å². The summed E-state index contributed by atoms with van der Waals surface area (Å²) in [5, 5.41) is 0. The highest BCUT2D eigenvalue weighted by molar-refractivity contribution is 6.16. The molecule has 2 rings (SSSR count). The number of aromatic nitrogens is 3. The first-order valence-electron chi connectivity index (χ1n) is 7.31. The van der Waals surface area contributed by atoms with Gasteiger partial charge in [0, 0.05) is 12.7 Å². The molecule has 0 aliphatic carbocycles. The highest BCUT2D eigenvalue weighted by Crippen LogP contribution is 2.26. The molecule has 0 radical (unpaired) electrons. The van der Waals surface area contributed by atoms with Crippen molar-refractivity contribution < 1.29 is 0 Å². The fourth-order valence-electron chi connectivity index (χ4n) is 2.85. The normalized spacial score (nSPS) is 12.2. The second-order valence-corrected chi connectivity index (χ2v) is 6.55. The van der Waals surface area contributed by atoms with E-state index in [9.17, 15) is 0 Å². The van der Waals surface area contributed by atoms with Gasteiger partial charge in [-0.05, 0) is 36.3 Å². The van der Waals surface area contributed by atoms with E-state index in [4.69, 9.17) is 11.6 Å². The average Bonchev–Trinajstić information content (AvgIpc) is 2.71. The second kappa shape index (κ2) is 6.13. The summed E-state index contributed by atoms with van der Waals surface area (Å²) in [4.78, 5) is 9.20. The summed E-state index contributed by atoms with van der Waals surface area (Å²) in [6, 6.07) is 2.08. The minimum Gasteiger partial charge on any atom is -0.311 e. The first-order valence-corrected chi connectivity index (χ1v) is 7.85. The third-order valence-corrected chi connectivity index (χ3v) is 4.27. The van der Waals surface area contributed by atoms with E-state index in [0.29, 0.717) is 23.6 Å². The molecule has 0 aromatic carbocycles. The van der Waals surface area contributed by atoms with E-state index in [1.165, 1.54) is 0 Å². The fraction of sp³-hybridized carbons (Fsp3) is 0.625. The monoisotopic (exact) mass is 293 g/mol. The van der Waals surface area contributed by atoms with Crippen LogP contribution in [-0.2, 0) is 12.4 Å². The molecule has 0 unspecified atom stereocenters. The van der Waals surface area contributed by atoms with E-state index in [1.54, 1.807) is 0 Å². The molecule has 4 heteroatoms. The number of nitrogens with zero attached hydrogens (tertiary/aromatic N) is 3. The van der Waals surface area contributed by atoms with Crippen molar-refractivity contribution in [2.45, 2.75) is 47.0 Å². The van der Waals surface area contributed by atoms with Crippen LogP contribution in [0.3, 0.4) is 0 Å². The minimum atomic E-state index is 0.429. The van der Waals surface area contributed by atoms with Gasteiger partial charge in [0.05, 0.1) is 5.88 Å². The molecule has 0 atom stereocenters. The van der Waals surface area contributed by atoms with Crippen LogP contribution in [0, 0.1) is 24.7 Å². The van der Waals surface area contributed by atoms with Crippen molar-refractivity contribution in [1.29, 1.82) is 0 Å². The summed E-state index contributed by atoms with van der Waals surface area (Å²) >= 11 is 6.07. The SMILES string of the molecule is Cc1cnc2c(c1)nc(CCl)n2CC(C(C)C)C(C)C. The maximum absolute atomic E-state index is 6.07. The van der Waals surface area contributed by atoms with Gasteiger partial charge in [0.25, 0.3) is 0 Å². The Hall–Kier alpha value is -1.09. The molecule has 0 saturated heterocycles. The van der Waals surface area contributed by atoms with Gasteiger partial charge in [-0.1, -0.05) is 27.7 Å². The molecule has 0 amide bonds. The third kappa shape index (κ3) is 2.98. The number of halogens is 1. The van der Waals surface area contributed by atoms with Gasteiger partial charge in [0.15, 0.2) is 5.65 Å². The maximum atomic E-state index is 6.07. The zero-order valence-electron chi connectivity index (χ0n) is 13.0. The van der Waals surface area contributed by atoms with Crippen LogP contribution in [0.25, 0.3) is 11.2 Å². The number of rotatable bonds is 5. The molecule has 0 aliphatic rings. The predicted octanol–water partition coefficient (Wildman–Crippen LogP) is 4.41. The Labute approximate surface area is 126 Å². The number of hydrogen-bond donors (Lipinski definition) is 0. The van der Waals surface area contributed by atoms with Crippen molar-refractivity contribution in [3.63, 3.8) is 0 Å². The van der Waals surface area contributed by atoms with Crippen LogP contribution in [0.4, 0.5) is 0 Å². The lowest BCUT2D eigenvalue weighted by atomic mass is 9.85. The van der Waals surface area contributed by atoms with Crippen LogP contribution in [-0.4, -0.2) is 14.5 Å². The molecular weight excluding hydrogens is 270 g/mol. The number of aryl methyl sites for hydroxylation is 1. The van der Waals surface area contributed by atoms with Crippen LogP contribution in [0.1, 0.15) is 39.1 Å². The summed E-state index contributed by atoms with van der Waals surface area (Å²) in [6.45, 7) is 12.1. The lowest BCUT2D eigenvalue weighted by molar-refractivity contribution is 0.252. The number of fused-ring (bicyclic) bond motifs is 1. The Morgan fingerprint density at radius 1 is 1.20 bits per heavy atom. The second-order valence-electron chi connectivity index (χ2n) is 6.28. The van der Waals surface area contributed by atoms with Crippen molar-refractivity contribution in [2.24, 2.45) is 17.8 Å². The summed E-state index contributed by atoms with van der Waals surface area (Å²) in [5.74, 6) is 3.20. The Morgan fingerprint density at radius 3 is 2.40 bits per heavy atom. The maximum Gasteiger partial charge on any atom is 0.160 e. The number of alkyl halides is 1. The molecule has 0 bridgehead atoms. The summed E-state index contributed by atoms with van der Waals surface area (Å²) in [7, 11) is 0. The molecule has 0 spiro atoms. The Balaban J connectivity index is 2.46. The van der Waals surface area contributed by atoms with Crippen LogP contribution in [0.15, 0.2) is 12.3 Å². The molecular formula is C16H24ClN3. The van der Waals surface area contributed by atoms with Crippen LogP contribution < -0.4 is 0 Å². The van der Waals surface area contributed by atoms with Crippen molar-refractivity contribution in [1.82, 2.24) is 14.5 Å². The van der Waals surface area contributed by atoms with E-state index in [2.05, 4.69) is 48.3 Å². The number of hydrogen-bond acceptors (Lipinski definition) is 2. The van der Waals surface area contributed by atoms with Crippen molar-refractivity contribution in [2.75, 3.05) is 0 Å². The van der Waals surface area contributed by atoms with Crippen molar-refractivity contribution in [3.8, 4) is 0 Å². The van der Waals surface area contributed by atoms with E-state index < -0.39 is 0 Å². The zero-order chi connectivity index (χ0) is 14.9. The fourth-order valence-corrected chi connectivity index (χ4v) is 3.06. The van der Waals surface area contributed by atoms with Gasteiger partial charge in [0.1, 0.15) is 11.3 Å². The molecule has 0 saturated carbocycles. The van der Waals surface area contributed by atoms with Gasteiger partial charge in [-0.15, -0.1) is 11.6 Å². The van der Waals surface area contributed by atoms with Crippen molar-refractivity contribution >= 4 is 22.8 Å². The summed E-state index contributed by atoms with van der Waals surface area (Å²) in [5.41, 5.74) is 3.04. The molecule has 0 aliphatic heterocycles. The van der Waals surface area contributed by atoms with Crippen LogP contribution >= 0.6 is 11.6 Å². The van der Waals surface area contributed by atoms with Gasteiger partial charge in [-0.2, -0.15) is 0 Å². The number of pyridine rings is 1. The highest BCUT2D eigenvalue weighted by Gasteiger charge is 2.21. The van der Waals surface area contributed by atoms with Gasteiger partial charge < -0.3 is 4.57 Å². The van der Waals surface area contributed by atoms with Gasteiger partial charge in [-0.25, -0.2) is 9.97 Å². The van der Waals surface area contributed by atoms with E-state index in [-0.39, 0.29) is 0 Å². The molecule has 110 valence electrons. The van der Waals surface area contributed by atoms with Crippen LogP contribution in [0.5, 0.6) is 0 Å². The number of imidazole rings is 1. The van der Waals surface area contributed by atoms with Gasteiger partial charge in [-0.3, -0.25) is 0 Å². The first kappa shape index (κ1) is 15.3. The molecule has 0 fully saturated rings. The zero-order valence-corrected chi connectivity index (χ0v) is 13.8. The van der Waals surface area contributed by atoms with Crippen LogP contribution in [0.2, 0.25) is 0 Å². The van der Waals surface area contributed by atoms with Gasteiger partial charge in [0.2, 0.25) is 0 Å². The highest BCUT2D eigenvalue weighted by atomic mass is 35.5. The quantitative estimate of drug-likeness (QED) is 0.765. The van der Waals surface area contributed by atoms with E-state index in [0.717, 1.165) is 29.1 Å². The minimum absolute atomic E-state index is 0.429. The molecule has 2 aromatic heterocycles. The lowest BCUT2D eigenvalue weighted by Crippen LogP contribution is -2.23. The van der Waals surface area contributed by atoms with E-state index in [1.807, 2.05) is 13.1 Å². The molecule has 20 heavy (non-hydrogen) atoms. The summed E-state index contributed by atoms with van der Waals surface area (Å²) < 4.78 is 2.20. The Morgan fingerprint density at radius 2 is 1.85 bits per heavy atom. The van der Waals surface area contributed by atoms with Crippen molar-refractivity contribution in [3.05, 3.63) is 23.7 Å². The smallest absolute Gasteiger partial charge is 0.160 e. The summed E-state index contributed by atoms with van der Waals surface area (Å²) in [6.07, 6.45) is 1.90. The third-order valence-electron chi connectivity index (χ3n) is 4.03. The Bertz CT molecular complexity index is 579. The Kier molecular flexibility index (Phi) is 4.69.